The summed E-state index contributed by atoms with van der Waals surface area (Å²) in [7, 11) is -3.90. The van der Waals surface area contributed by atoms with Crippen LogP contribution in [-0.2, 0) is 16.6 Å². The molecule has 31 heavy (non-hydrogen) atoms. The summed E-state index contributed by atoms with van der Waals surface area (Å²) >= 11 is 0. The number of nitrogens with zero attached hydrogens (tertiary/aromatic N) is 2. The molecular formula is C21H25FN4O4S. The molecule has 0 aliphatic carbocycles. The van der Waals surface area contributed by atoms with Gasteiger partial charge in [-0.1, -0.05) is 12.1 Å². The number of nitrogens with two attached hydrogens (primary N) is 1. The molecule has 1 saturated heterocycles. The van der Waals surface area contributed by atoms with Crippen molar-refractivity contribution in [1.82, 2.24) is 9.88 Å². The number of fused-ring (bicyclic) bond motifs is 1. The summed E-state index contributed by atoms with van der Waals surface area (Å²) in [5.41, 5.74) is 1.60. The van der Waals surface area contributed by atoms with E-state index in [1.54, 1.807) is 24.3 Å². The number of rotatable bonds is 7. The van der Waals surface area contributed by atoms with E-state index >= 15 is 0 Å². The monoisotopic (exact) mass is 448 g/mol. The Labute approximate surface area is 180 Å². The Morgan fingerprint density at radius 1 is 1.29 bits per heavy atom. The van der Waals surface area contributed by atoms with Crippen LogP contribution in [0.5, 0.6) is 5.75 Å². The predicted molar refractivity (Wildman–Crippen MR) is 115 cm³/mol. The number of sulfonamides is 1. The van der Waals surface area contributed by atoms with Crippen molar-refractivity contribution in [2.45, 2.75) is 37.2 Å². The Bertz CT molecular complexity index is 1170. The SMILES string of the molecule is CCOc1cc(CN2CCC(Nc3nc4cccc(S(N)(=O)=O)c4o3)CC2)ccc1F. The van der Waals surface area contributed by atoms with Crippen molar-refractivity contribution < 1.29 is 22.0 Å². The number of hydrogen-bond donors (Lipinski definition) is 2. The molecule has 1 aliphatic rings. The number of para-hydroxylation sites is 1. The molecule has 3 N–H and O–H groups in total. The number of ether oxygens (including phenoxy) is 1. The van der Waals surface area contributed by atoms with E-state index in [2.05, 4.69) is 15.2 Å². The predicted octanol–water partition coefficient (Wildman–Crippen LogP) is 3.09. The Balaban J connectivity index is 1.37. The molecule has 0 atom stereocenters. The summed E-state index contributed by atoms with van der Waals surface area (Å²) in [6.45, 7) is 4.67. The number of nitrogens with one attached hydrogen (secondary N) is 1. The van der Waals surface area contributed by atoms with Gasteiger partial charge in [0.1, 0.15) is 10.4 Å². The van der Waals surface area contributed by atoms with Gasteiger partial charge in [-0.05, 0) is 49.6 Å². The normalized spacial score (nSPS) is 16.0. The van der Waals surface area contributed by atoms with Crippen LogP contribution in [0.2, 0.25) is 0 Å². The molecule has 4 rings (SSSR count). The van der Waals surface area contributed by atoms with Gasteiger partial charge in [-0.15, -0.1) is 0 Å². The summed E-state index contributed by atoms with van der Waals surface area (Å²) in [5.74, 6) is -0.0659. The van der Waals surface area contributed by atoms with Crippen LogP contribution in [0.4, 0.5) is 10.4 Å². The van der Waals surface area contributed by atoms with Crippen LogP contribution in [0.15, 0.2) is 45.7 Å². The Hall–Kier alpha value is -2.69. The molecule has 3 aromatic rings. The molecule has 0 unspecified atom stereocenters. The highest BCUT2D eigenvalue weighted by Crippen LogP contribution is 2.27. The van der Waals surface area contributed by atoms with E-state index in [1.165, 1.54) is 12.1 Å². The summed E-state index contributed by atoms with van der Waals surface area (Å²) in [6.07, 6.45) is 1.72. The lowest BCUT2D eigenvalue weighted by Gasteiger charge is -2.32. The topological polar surface area (TPSA) is 111 Å². The third kappa shape index (κ3) is 4.97. The van der Waals surface area contributed by atoms with Crippen LogP contribution in [0.1, 0.15) is 25.3 Å². The number of anilines is 1. The van der Waals surface area contributed by atoms with Gasteiger partial charge in [-0.2, -0.15) is 4.98 Å². The molecular weight excluding hydrogens is 423 g/mol. The first-order valence-electron chi connectivity index (χ1n) is 10.2. The lowest BCUT2D eigenvalue weighted by atomic mass is 10.0. The molecule has 0 saturated carbocycles. The minimum atomic E-state index is -3.90. The van der Waals surface area contributed by atoms with E-state index < -0.39 is 10.0 Å². The third-order valence-electron chi connectivity index (χ3n) is 5.30. The van der Waals surface area contributed by atoms with E-state index in [0.717, 1.165) is 31.5 Å². The van der Waals surface area contributed by atoms with Gasteiger partial charge in [0, 0.05) is 25.7 Å². The molecule has 1 aliphatic heterocycles. The second-order valence-corrected chi connectivity index (χ2v) is 9.09. The van der Waals surface area contributed by atoms with Crippen molar-refractivity contribution in [3.05, 3.63) is 47.8 Å². The van der Waals surface area contributed by atoms with Crippen molar-refractivity contribution in [3.8, 4) is 5.75 Å². The quantitative estimate of drug-likeness (QED) is 0.571. The standard InChI is InChI=1S/C21H25FN4O4S/c1-2-29-18-12-14(6-7-16(18)22)13-26-10-8-15(9-11-26)24-21-25-17-4-3-5-19(20(17)30-21)31(23,27)28/h3-7,12,15H,2,8-11,13H2,1H3,(H,24,25)(H2,23,27,28). The first kappa shape index (κ1) is 21.5. The van der Waals surface area contributed by atoms with E-state index in [-0.39, 0.29) is 34.1 Å². The maximum atomic E-state index is 13.8. The lowest BCUT2D eigenvalue weighted by molar-refractivity contribution is 0.210. The summed E-state index contributed by atoms with van der Waals surface area (Å²) in [4.78, 5) is 6.56. The first-order chi connectivity index (χ1) is 14.8. The average Bonchev–Trinajstić information content (AvgIpc) is 3.13. The fourth-order valence-electron chi connectivity index (χ4n) is 3.79. The van der Waals surface area contributed by atoms with E-state index in [0.29, 0.717) is 18.7 Å². The van der Waals surface area contributed by atoms with E-state index in [1.807, 2.05) is 6.92 Å². The first-order valence-corrected chi connectivity index (χ1v) is 11.7. The van der Waals surface area contributed by atoms with Gasteiger partial charge in [0.05, 0.1) is 6.61 Å². The molecule has 2 aromatic carbocycles. The molecule has 0 radical (unpaired) electrons. The van der Waals surface area contributed by atoms with Crippen LogP contribution in [-0.4, -0.2) is 44.0 Å². The molecule has 1 fully saturated rings. The van der Waals surface area contributed by atoms with Crippen LogP contribution in [0.3, 0.4) is 0 Å². The zero-order chi connectivity index (χ0) is 22.0. The summed E-state index contributed by atoms with van der Waals surface area (Å²) < 4.78 is 48.2. The molecule has 0 bridgehead atoms. The van der Waals surface area contributed by atoms with E-state index in [4.69, 9.17) is 14.3 Å². The number of piperidine rings is 1. The minimum Gasteiger partial charge on any atom is -0.491 e. The Morgan fingerprint density at radius 3 is 2.77 bits per heavy atom. The van der Waals surface area contributed by atoms with Gasteiger partial charge in [-0.3, -0.25) is 4.90 Å². The lowest BCUT2D eigenvalue weighted by Crippen LogP contribution is -2.38. The molecule has 2 heterocycles. The van der Waals surface area contributed by atoms with Gasteiger partial charge in [0.2, 0.25) is 10.0 Å². The number of primary sulfonamides is 1. The van der Waals surface area contributed by atoms with Crippen LogP contribution in [0.25, 0.3) is 11.1 Å². The van der Waals surface area contributed by atoms with Crippen molar-refractivity contribution in [1.29, 1.82) is 0 Å². The number of benzene rings is 2. The van der Waals surface area contributed by atoms with Crippen LogP contribution < -0.4 is 15.2 Å². The minimum absolute atomic E-state index is 0.0777. The fourth-order valence-corrected chi connectivity index (χ4v) is 4.46. The Morgan fingerprint density at radius 2 is 2.06 bits per heavy atom. The van der Waals surface area contributed by atoms with Crippen molar-refractivity contribution in [3.63, 3.8) is 0 Å². The zero-order valence-electron chi connectivity index (χ0n) is 17.2. The Kier molecular flexibility index (Phi) is 6.12. The second-order valence-electron chi connectivity index (χ2n) is 7.56. The average molecular weight is 449 g/mol. The van der Waals surface area contributed by atoms with Gasteiger partial charge < -0.3 is 14.5 Å². The number of aromatic nitrogens is 1. The maximum Gasteiger partial charge on any atom is 0.295 e. The second kappa shape index (κ2) is 8.81. The van der Waals surface area contributed by atoms with Gasteiger partial charge >= 0.3 is 0 Å². The number of hydrogen-bond acceptors (Lipinski definition) is 7. The number of oxazole rings is 1. The smallest absolute Gasteiger partial charge is 0.295 e. The molecule has 0 spiro atoms. The largest absolute Gasteiger partial charge is 0.491 e. The summed E-state index contributed by atoms with van der Waals surface area (Å²) in [6, 6.07) is 10.1. The van der Waals surface area contributed by atoms with E-state index in [9.17, 15) is 12.8 Å². The van der Waals surface area contributed by atoms with Crippen molar-refractivity contribution in [2.24, 2.45) is 5.14 Å². The molecule has 8 nitrogen and oxygen atoms in total. The van der Waals surface area contributed by atoms with Gasteiger partial charge in [0.25, 0.3) is 6.01 Å². The van der Waals surface area contributed by atoms with Crippen molar-refractivity contribution in [2.75, 3.05) is 25.0 Å². The van der Waals surface area contributed by atoms with Crippen molar-refractivity contribution >= 4 is 27.1 Å². The number of likely N-dealkylation sites (tertiary alicyclic amines) is 1. The maximum absolute atomic E-state index is 13.8. The number of halogens is 1. The highest BCUT2D eigenvalue weighted by Gasteiger charge is 2.23. The third-order valence-corrected chi connectivity index (χ3v) is 6.24. The molecule has 0 amide bonds. The highest BCUT2D eigenvalue weighted by molar-refractivity contribution is 7.89. The van der Waals surface area contributed by atoms with Crippen LogP contribution in [0, 0.1) is 5.82 Å². The molecule has 10 heteroatoms. The highest BCUT2D eigenvalue weighted by atomic mass is 32.2. The zero-order valence-corrected chi connectivity index (χ0v) is 18.0. The molecule has 166 valence electrons. The fraction of sp³-hybridized carbons (Fsp3) is 0.381. The van der Waals surface area contributed by atoms with Gasteiger partial charge in [-0.25, -0.2) is 17.9 Å². The molecule has 1 aromatic heterocycles. The van der Waals surface area contributed by atoms with Crippen LogP contribution >= 0.6 is 0 Å². The van der Waals surface area contributed by atoms with Gasteiger partial charge in [0.15, 0.2) is 17.1 Å². The summed E-state index contributed by atoms with van der Waals surface area (Å²) in [5, 5.41) is 8.52.